The highest BCUT2D eigenvalue weighted by Crippen LogP contribution is 2.15. The first-order valence-corrected chi connectivity index (χ1v) is 10.1. The minimum absolute atomic E-state index is 0.0701. The molecule has 28 heavy (non-hydrogen) atoms. The molecule has 0 atom stereocenters. The molecule has 0 spiro atoms. The molecule has 9 nitrogen and oxygen atoms in total. The van der Waals surface area contributed by atoms with E-state index in [0.29, 0.717) is 30.4 Å². The molecular formula is C18H21N5O4S. The van der Waals surface area contributed by atoms with Crippen LogP contribution in [0.1, 0.15) is 5.56 Å². The molecule has 2 aromatic rings. The summed E-state index contributed by atoms with van der Waals surface area (Å²) in [7, 11) is -3.71. The Labute approximate surface area is 163 Å². The Morgan fingerprint density at radius 1 is 1.18 bits per heavy atom. The highest BCUT2D eigenvalue weighted by Gasteiger charge is 2.16. The molecule has 10 heteroatoms. The Bertz CT molecular complexity index is 923. The van der Waals surface area contributed by atoms with Crippen LogP contribution in [0.3, 0.4) is 0 Å². The lowest BCUT2D eigenvalue weighted by molar-refractivity contribution is -0.111. The van der Waals surface area contributed by atoms with Crippen molar-refractivity contribution in [2.75, 3.05) is 36.5 Å². The van der Waals surface area contributed by atoms with Crippen molar-refractivity contribution in [3.05, 3.63) is 54.9 Å². The van der Waals surface area contributed by atoms with E-state index in [9.17, 15) is 13.2 Å². The smallest absolute Gasteiger partial charge is 0.247 e. The maximum absolute atomic E-state index is 12.4. The van der Waals surface area contributed by atoms with Crippen LogP contribution in [0.15, 0.2) is 54.2 Å². The average molecular weight is 403 g/mol. The molecule has 0 saturated carbocycles. The Balaban J connectivity index is 1.59. The number of hydrogen-bond acceptors (Lipinski definition) is 7. The molecule has 1 aromatic carbocycles. The van der Waals surface area contributed by atoms with Gasteiger partial charge in [0, 0.05) is 43.3 Å². The molecule has 0 aliphatic carbocycles. The third kappa shape index (κ3) is 5.12. The highest BCUT2D eigenvalue weighted by molar-refractivity contribution is 7.89. The lowest BCUT2D eigenvalue weighted by Crippen LogP contribution is -2.37. The Kier molecular flexibility index (Phi) is 6.34. The van der Waals surface area contributed by atoms with Crippen molar-refractivity contribution in [1.29, 1.82) is 0 Å². The number of ether oxygens (including phenoxy) is 1. The minimum Gasteiger partial charge on any atom is -0.378 e. The van der Waals surface area contributed by atoms with Gasteiger partial charge in [0.1, 0.15) is 0 Å². The van der Waals surface area contributed by atoms with E-state index in [0.717, 1.165) is 19.2 Å². The molecule has 0 radical (unpaired) electrons. The van der Waals surface area contributed by atoms with Crippen LogP contribution in [0.5, 0.6) is 0 Å². The Morgan fingerprint density at radius 2 is 1.82 bits per heavy atom. The first-order chi connectivity index (χ1) is 13.5. The predicted molar refractivity (Wildman–Crippen MR) is 104 cm³/mol. The summed E-state index contributed by atoms with van der Waals surface area (Å²) in [5.41, 5.74) is 1.13. The topological polar surface area (TPSA) is 114 Å². The van der Waals surface area contributed by atoms with E-state index >= 15 is 0 Å². The third-order valence-corrected chi connectivity index (χ3v) is 5.49. The maximum atomic E-state index is 12.4. The number of anilines is 2. The average Bonchev–Trinajstić information content (AvgIpc) is 2.73. The second-order valence-electron chi connectivity index (χ2n) is 6.03. The first-order valence-electron chi connectivity index (χ1n) is 8.65. The van der Waals surface area contributed by atoms with E-state index in [-0.39, 0.29) is 17.3 Å². The number of rotatable bonds is 7. The molecule has 1 aliphatic heterocycles. The number of nitrogens with zero attached hydrogens (tertiary/aromatic N) is 3. The van der Waals surface area contributed by atoms with E-state index in [2.05, 4.69) is 26.6 Å². The van der Waals surface area contributed by atoms with Crippen LogP contribution >= 0.6 is 0 Å². The number of carbonyl (C=O) groups is 1. The molecular weight excluding hydrogens is 382 g/mol. The van der Waals surface area contributed by atoms with Gasteiger partial charge in [-0.05, 0) is 30.3 Å². The second-order valence-corrected chi connectivity index (χ2v) is 7.80. The van der Waals surface area contributed by atoms with Gasteiger partial charge in [-0.15, -0.1) is 0 Å². The molecule has 2 heterocycles. The number of carbonyl (C=O) groups excluding carboxylic acids is 1. The van der Waals surface area contributed by atoms with Gasteiger partial charge in [0.05, 0.1) is 18.1 Å². The third-order valence-electron chi connectivity index (χ3n) is 4.07. The fraction of sp³-hybridized carbons (Fsp3) is 0.278. The number of aromatic nitrogens is 2. The van der Waals surface area contributed by atoms with Crippen LogP contribution in [0.25, 0.3) is 0 Å². The fourth-order valence-corrected chi connectivity index (χ4v) is 3.56. The SMILES string of the molecule is C=CC(=O)Nc1ccc(S(=O)(=O)NCc2cnc(N3CCOCC3)nc2)cc1. The molecule has 1 fully saturated rings. The first kappa shape index (κ1) is 19.9. The summed E-state index contributed by atoms with van der Waals surface area (Å²) < 4.78 is 32.7. The summed E-state index contributed by atoms with van der Waals surface area (Å²) >= 11 is 0. The molecule has 148 valence electrons. The van der Waals surface area contributed by atoms with Crippen LogP contribution in [-0.2, 0) is 26.1 Å². The summed E-state index contributed by atoms with van der Waals surface area (Å²) in [4.78, 5) is 22.0. The maximum Gasteiger partial charge on any atom is 0.247 e. The van der Waals surface area contributed by atoms with E-state index < -0.39 is 10.0 Å². The van der Waals surface area contributed by atoms with Crippen LogP contribution in [-0.4, -0.2) is 50.6 Å². The molecule has 3 rings (SSSR count). The lowest BCUT2D eigenvalue weighted by Gasteiger charge is -2.26. The van der Waals surface area contributed by atoms with Crippen LogP contribution in [0.2, 0.25) is 0 Å². The molecule has 1 amide bonds. The molecule has 2 N–H and O–H groups in total. The zero-order valence-corrected chi connectivity index (χ0v) is 16.0. The van der Waals surface area contributed by atoms with Crippen molar-refractivity contribution in [2.45, 2.75) is 11.4 Å². The van der Waals surface area contributed by atoms with Gasteiger partial charge in [0.2, 0.25) is 21.9 Å². The molecule has 1 aliphatic rings. The summed E-state index contributed by atoms with van der Waals surface area (Å²) in [5, 5.41) is 2.56. The Hall–Kier alpha value is -2.82. The zero-order valence-electron chi connectivity index (χ0n) is 15.2. The van der Waals surface area contributed by atoms with Gasteiger partial charge in [-0.25, -0.2) is 23.1 Å². The molecule has 1 aromatic heterocycles. The Morgan fingerprint density at radius 3 is 2.43 bits per heavy atom. The zero-order chi connectivity index (χ0) is 20.0. The van der Waals surface area contributed by atoms with Gasteiger partial charge in [-0.3, -0.25) is 4.79 Å². The van der Waals surface area contributed by atoms with Crippen LogP contribution in [0, 0.1) is 0 Å². The van der Waals surface area contributed by atoms with Crippen molar-refractivity contribution in [3.8, 4) is 0 Å². The van der Waals surface area contributed by atoms with E-state index in [1.807, 2.05) is 4.90 Å². The summed E-state index contributed by atoms with van der Waals surface area (Å²) in [6, 6.07) is 5.85. The van der Waals surface area contributed by atoms with E-state index in [4.69, 9.17) is 4.74 Å². The van der Waals surface area contributed by atoms with Gasteiger partial charge >= 0.3 is 0 Å². The van der Waals surface area contributed by atoms with Gasteiger partial charge in [-0.1, -0.05) is 6.58 Å². The largest absolute Gasteiger partial charge is 0.378 e. The summed E-state index contributed by atoms with van der Waals surface area (Å²) in [6.07, 6.45) is 4.35. The van der Waals surface area contributed by atoms with Crippen molar-refractivity contribution in [3.63, 3.8) is 0 Å². The molecule has 0 unspecified atom stereocenters. The number of hydrogen-bond donors (Lipinski definition) is 2. The monoisotopic (exact) mass is 403 g/mol. The lowest BCUT2D eigenvalue weighted by atomic mass is 10.3. The number of morpholine rings is 1. The second kappa shape index (κ2) is 8.91. The number of benzene rings is 1. The van der Waals surface area contributed by atoms with Crippen molar-refractivity contribution < 1.29 is 17.9 Å². The number of sulfonamides is 1. The fourth-order valence-electron chi connectivity index (χ4n) is 2.54. The number of nitrogens with one attached hydrogen (secondary N) is 2. The highest BCUT2D eigenvalue weighted by atomic mass is 32.2. The van der Waals surface area contributed by atoms with Gasteiger partial charge in [0.15, 0.2) is 0 Å². The van der Waals surface area contributed by atoms with Gasteiger partial charge < -0.3 is 15.0 Å². The quantitative estimate of drug-likeness (QED) is 0.661. The number of amides is 1. The van der Waals surface area contributed by atoms with Crippen molar-refractivity contribution in [1.82, 2.24) is 14.7 Å². The van der Waals surface area contributed by atoms with Crippen LogP contribution in [0.4, 0.5) is 11.6 Å². The van der Waals surface area contributed by atoms with Crippen molar-refractivity contribution in [2.24, 2.45) is 0 Å². The van der Waals surface area contributed by atoms with Crippen LogP contribution < -0.4 is 14.9 Å². The standard InChI is InChI=1S/C18H21N5O4S/c1-2-17(24)22-15-3-5-16(6-4-15)28(25,26)21-13-14-11-19-18(20-12-14)23-7-9-27-10-8-23/h2-6,11-12,21H,1,7-10,13H2,(H,22,24). The predicted octanol–water partition coefficient (Wildman–Crippen LogP) is 0.916. The summed E-state index contributed by atoms with van der Waals surface area (Å²) in [5.74, 6) is 0.237. The van der Waals surface area contributed by atoms with Gasteiger partial charge in [0.25, 0.3) is 0 Å². The van der Waals surface area contributed by atoms with Crippen molar-refractivity contribution >= 4 is 27.6 Å². The summed E-state index contributed by atoms with van der Waals surface area (Å²) in [6.45, 7) is 6.17. The normalized spacial score (nSPS) is 14.5. The molecule has 1 saturated heterocycles. The molecule has 0 bridgehead atoms. The van der Waals surface area contributed by atoms with E-state index in [1.165, 1.54) is 24.3 Å². The van der Waals surface area contributed by atoms with E-state index in [1.54, 1.807) is 12.4 Å². The minimum atomic E-state index is -3.71. The van der Waals surface area contributed by atoms with Gasteiger partial charge in [-0.2, -0.15) is 0 Å².